The minimum absolute atomic E-state index is 0.0419. The Balaban J connectivity index is 2.54. The molecule has 96 valence electrons. The Bertz CT molecular complexity index is 563. The Kier molecular flexibility index (Phi) is 3.62. The molecule has 0 amide bonds. The molecule has 0 radical (unpaired) electrons. The number of nitrogens with zero attached hydrogens (tertiary/aromatic N) is 2. The Morgan fingerprint density at radius 1 is 1.28 bits per heavy atom. The van der Waals surface area contributed by atoms with Gasteiger partial charge in [0.15, 0.2) is 0 Å². The topological polar surface area (TPSA) is 16.1 Å². The molecule has 0 aliphatic carbocycles. The van der Waals surface area contributed by atoms with Gasteiger partial charge < -0.3 is 4.90 Å². The van der Waals surface area contributed by atoms with Crippen LogP contribution in [0.4, 0.5) is 5.82 Å². The first-order valence-corrected chi connectivity index (χ1v) is 7.24. The van der Waals surface area contributed by atoms with E-state index in [0.29, 0.717) is 0 Å². The lowest BCUT2D eigenvalue weighted by Gasteiger charge is -2.36. The monoisotopic (exact) mass is 306 g/mol. The van der Waals surface area contributed by atoms with Crippen LogP contribution in [0.25, 0.3) is 10.9 Å². The van der Waals surface area contributed by atoms with Crippen molar-refractivity contribution in [2.75, 3.05) is 17.3 Å². The van der Waals surface area contributed by atoms with Crippen molar-refractivity contribution < 1.29 is 0 Å². The lowest BCUT2D eigenvalue weighted by molar-refractivity contribution is 0.546. The number of para-hydroxylation sites is 1. The van der Waals surface area contributed by atoms with Gasteiger partial charge in [0.1, 0.15) is 5.82 Å². The fourth-order valence-electron chi connectivity index (χ4n) is 1.93. The van der Waals surface area contributed by atoms with E-state index >= 15 is 0 Å². The van der Waals surface area contributed by atoms with Crippen LogP contribution in [0.2, 0.25) is 0 Å². The van der Waals surface area contributed by atoms with Gasteiger partial charge in [-0.2, -0.15) is 0 Å². The third-order valence-corrected chi connectivity index (χ3v) is 4.81. The lowest BCUT2D eigenvalue weighted by Crippen LogP contribution is -2.43. The second-order valence-corrected chi connectivity index (χ2v) is 5.89. The van der Waals surface area contributed by atoms with E-state index in [1.165, 1.54) is 10.9 Å². The first-order valence-electron chi connectivity index (χ1n) is 6.12. The van der Waals surface area contributed by atoms with Crippen LogP contribution in [0.3, 0.4) is 0 Å². The van der Waals surface area contributed by atoms with E-state index in [4.69, 9.17) is 4.98 Å². The minimum Gasteiger partial charge on any atom is -0.353 e. The number of aryl methyl sites for hydroxylation is 1. The molecule has 2 aromatic rings. The van der Waals surface area contributed by atoms with Crippen molar-refractivity contribution in [3.05, 3.63) is 35.9 Å². The highest BCUT2D eigenvalue weighted by Gasteiger charge is 2.24. The fourth-order valence-corrected chi connectivity index (χ4v) is 2.30. The van der Waals surface area contributed by atoms with Gasteiger partial charge in [-0.25, -0.2) is 4.98 Å². The maximum Gasteiger partial charge on any atom is 0.132 e. The van der Waals surface area contributed by atoms with E-state index < -0.39 is 0 Å². The predicted octanol–water partition coefficient (Wildman–Crippen LogP) is 4.15. The summed E-state index contributed by atoms with van der Waals surface area (Å²) in [5, 5.41) is 2.11. The second kappa shape index (κ2) is 4.88. The Labute approximate surface area is 117 Å². The van der Waals surface area contributed by atoms with Crippen LogP contribution in [-0.4, -0.2) is 22.9 Å². The van der Waals surface area contributed by atoms with Gasteiger partial charge in [-0.15, -0.1) is 0 Å². The number of rotatable bonds is 3. The predicted molar refractivity (Wildman–Crippen MR) is 82.8 cm³/mol. The number of fused-ring (bicyclic) bond motifs is 1. The summed E-state index contributed by atoms with van der Waals surface area (Å²) in [6.07, 6.45) is 0. The van der Waals surface area contributed by atoms with Gasteiger partial charge in [0.05, 0.1) is 5.52 Å². The quantitative estimate of drug-likeness (QED) is 0.792. The molecule has 1 heterocycles. The number of anilines is 1. The second-order valence-electron chi connectivity index (χ2n) is 5.33. The van der Waals surface area contributed by atoms with Crippen molar-refractivity contribution in [1.82, 2.24) is 4.98 Å². The summed E-state index contributed by atoms with van der Waals surface area (Å²) in [5.41, 5.74) is 2.31. The van der Waals surface area contributed by atoms with Gasteiger partial charge in [-0.05, 0) is 38.5 Å². The molecule has 0 aliphatic rings. The number of halogens is 1. The van der Waals surface area contributed by atoms with Gasteiger partial charge in [0, 0.05) is 23.3 Å². The Morgan fingerprint density at radius 3 is 2.61 bits per heavy atom. The molecule has 0 unspecified atom stereocenters. The highest BCUT2D eigenvalue weighted by molar-refractivity contribution is 9.09. The largest absolute Gasteiger partial charge is 0.353 e. The summed E-state index contributed by atoms with van der Waals surface area (Å²) in [5.74, 6) is 1.05. The van der Waals surface area contributed by atoms with Crippen LogP contribution in [0.15, 0.2) is 30.3 Å². The van der Waals surface area contributed by atoms with E-state index in [2.05, 4.69) is 72.9 Å². The first-order chi connectivity index (χ1) is 8.45. The molecule has 2 rings (SSSR count). The lowest BCUT2D eigenvalue weighted by atomic mass is 10.1. The molecular weight excluding hydrogens is 288 g/mol. The summed E-state index contributed by atoms with van der Waals surface area (Å²) in [4.78, 5) is 7.03. The van der Waals surface area contributed by atoms with E-state index in [0.717, 1.165) is 16.7 Å². The third kappa shape index (κ3) is 2.37. The molecule has 0 N–H and O–H groups in total. The van der Waals surface area contributed by atoms with Gasteiger partial charge in [0.2, 0.25) is 0 Å². The minimum atomic E-state index is 0.0419. The molecule has 18 heavy (non-hydrogen) atoms. The number of hydrogen-bond acceptors (Lipinski definition) is 2. The summed E-state index contributed by atoms with van der Waals surface area (Å²) in [6.45, 7) is 6.53. The molecule has 1 aromatic heterocycles. The van der Waals surface area contributed by atoms with Crippen LogP contribution >= 0.6 is 15.9 Å². The maximum absolute atomic E-state index is 4.79. The SMILES string of the molecule is Cc1cc2ccccc2nc1N(C)C(C)(C)CBr. The van der Waals surface area contributed by atoms with Crippen molar-refractivity contribution in [2.45, 2.75) is 26.3 Å². The van der Waals surface area contributed by atoms with Crippen LogP contribution in [0.1, 0.15) is 19.4 Å². The third-order valence-electron chi connectivity index (χ3n) is 3.44. The number of pyridine rings is 1. The van der Waals surface area contributed by atoms with E-state index in [-0.39, 0.29) is 5.54 Å². The molecule has 0 atom stereocenters. The molecule has 0 aliphatic heterocycles. The fraction of sp³-hybridized carbons (Fsp3) is 0.400. The first kappa shape index (κ1) is 13.3. The van der Waals surface area contributed by atoms with Crippen molar-refractivity contribution in [3.63, 3.8) is 0 Å². The van der Waals surface area contributed by atoms with Crippen LogP contribution < -0.4 is 4.90 Å². The highest BCUT2D eigenvalue weighted by atomic mass is 79.9. The van der Waals surface area contributed by atoms with E-state index in [9.17, 15) is 0 Å². The molecule has 0 spiro atoms. The van der Waals surface area contributed by atoms with Gasteiger partial charge in [-0.1, -0.05) is 34.1 Å². The molecular formula is C15H19BrN2. The zero-order chi connectivity index (χ0) is 13.3. The smallest absolute Gasteiger partial charge is 0.132 e. The Morgan fingerprint density at radius 2 is 1.94 bits per heavy atom. The zero-order valence-electron chi connectivity index (χ0n) is 11.4. The van der Waals surface area contributed by atoms with Gasteiger partial charge in [0.25, 0.3) is 0 Å². The molecule has 0 fully saturated rings. The van der Waals surface area contributed by atoms with Crippen LogP contribution in [0, 0.1) is 6.92 Å². The molecule has 2 nitrogen and oxygen atoms in total. The standard InChI is InChI=1S/C15H19BrN2/c1-11-9-12-7-5-6-8-13(12)17-14(11)18(4)15(2,3)10-16/h5-9H,10H2,1-4H3. The maximum atomic E-state index is 4.79. The van der Waals surface area contributed by atoms with Gasteiger partial charge in [-0.3, -0.25) is 0 Å². The van der Waals surface area contributed by atoms with E-state index in [1.54, 1.807) is 0 Å². The Hall–Kier alpha value is -1.09. The van der Waals surface area contributed by atoms with Crippen molar-refractivity contribution in [3.8, 4) is 0 Å². The summed E-state index contributed by atoms with van der Waals surface area (Å²) in [7, 11) is 2.10. The summed E-state index contributed by atoms with van der Waals surface area (Å²) < 4.78 is 0. The zero-order valence-corrected chi connectivity index (χ0v) is 13.0. The van der Waals surface area contributed by atoms with Crippen LogP contribution in [0.5, 0.6) is 0 Å². The van der Waals surface area contributed by atoms with Gasteiger partial charge >= 0.3 is 0 Å². The van der Waals surface area contributed by atoms with Crippen molar-refractivity contribution in [1.29, 1.82) is 0 Å². The highest BCUT2D eigenvalue weighted by Crippen LogP contribution is 2.27. The molecule has 0 saturated heterocycles. The molecule has 0 bridgehead atoms. The summed E-state index contributed by atoms with van der Waals surface area (Å²) in [6, 6.07) is 10.5. The van der Waals surface area contributed by atoms with Crippen molar-refractivity contribution >= 4 is 32.7 Å². The van der Waals surface area contributed by atoms with E-state index in [1.807, 2.05) is 6.07 Å². The number of benzene rings is 1. The number of aromatic nitrogens is 1. The van der Waals surface area contributed by atoms with Crippen LogP contribution in [-0.2, 0) is 0 Å². The molecule has 0 saturated carbocycles. The summed E-state index contributed by atoms with van der Waals surface area (Å²) >= 11 is 3.57. The van der Waals surface area contributed by atoms with Crippen molar-refractivity contribution in [2.24, 2.45) is 0 Å². The average molecular weight is 307 g/mol. The normalized spacial score (nSPS) is 11.8. The number of hydrogen-bond donors (Lipinski definition) is 0. The molecule has 1 aromatic carbocycles. The average Bonchev–Trinajstić information content (AvgIpc) is 2.37. The molecule has 3 heteroatoms. The number of alkyl halides is 1.